The number of carbonyl (C=O) groups is 3. The average Bonchev–Trinajstić information content (AvgIpc) is 3.46. The highest BCUT2D eigenvalue weighted by Gasteiger charge is 2.34. The van der Waals surface area contributed by atoms with Crippen molar-refractivity contribution in [1.82, 2.24) is 10.6 Å². The van der Waals surface area contributed by atoms with Gasteiger partial charge in [0.05, 0.1) is 5.92 Å². The predicted molar refractivity (Wildman–Crippen MR) is 131 cm³/mol. The second-order valence-corrected chi connectivity index (χ2v) is 10.1. The van der Waals surface area contributed by atoms with Crippen molar-refractivity contribution in [2.75, 3.05) is 6.61 Å². The number of carboxylic acid groups (broad SMARTS) is 1. The van der Waals surface area contributed by atoms with Gasteiger partial charge in [-0.05, 0) is 67.2 Å². The molecule has 0 radical (unpaired) electrons. The topological polar surface area (TPSA) is 105 Å². The van der Waals surface area contributed by atoms with E-state index in [0.29, 0.717) is 32.1 Å². The number of hydrogen-bond donors (Lipinski definition) is 3. The lowest BCUT2D eigenvalue weighted by molar-refractivity contribution is -0.142. The molecule has 0 bridgehead atoms. The van der Waals surface area contributed by atoms with Crippen LogP contribution in [0.2, 0.25) is 0 Å². The van der Waals surface area contributed by atoms with Crippen LogP contribution in [0.5, 0.6) is 0 Å². The zero-order chi connectivity index (χ0) is 24.4. The lowest BCUT2D eigenvalue weighted by atomic mass is 9.86. The Morgan fingerprint density at radius 2 is 1.34 bits per heavy atom. The van der Waals surface area contributed by atoms with Gasteiger partial charge in [-0.15, -0.1) is 0 Å². The number of aliphatic carboxylic acids is 1. The van der Waals surface area contributed by atoms with Gasteiger partial charge in [0.25, 0.3) is 0 Å². The van der Waals surface area contributed by atoms with Gasteiger partial charge in [0.1, 0.15) is 6.61 Å². The van der Waals surface area contributed by atoms with E-state index in [9.17, 15) is 14.4 Å². The quantitative estimate of drug-likeness (QED) is 0.571. The largest absolute Gasteiger partial charge is 0.481 e. The number of alkyl carbamates (subject to hydrolysis) is 1. The van der Waals surface area contributed by atoms with E-state index in [2.05, 4.69) is 34.9 Å². The van der Waals surface area contributed by atoms with Gasteiger partial charge in [0.15, 0.2) is 0 Å². The van der Waals surface area contributed by atoms with Crippen molar-refractivity contribution in [1.29, 1.82) is 0 Å². The van der Waals surface area contributed by atoms with Crippen LogP contribution in [0.15, 0.2) is 48.5 Å². The third kappa shape index (κ3) is 5.04. The zero-order valence-corrected chi connectivity index (χ0v) is 19.7. The summed E-state index contributed by atoms with van der Waals surface area (Å²) in [6.45, 7) is 0.273. The molecular formula is C28H32N2O5. The van der Waals surface area contributed by atoms with Crippen LogP contribution in [0.3, 0.4) is 0 Å². The van der Waals surface area contributed by atoms with Crippen molar-refractivity contribution in [3.63, 3.8) is 0 Å². The van der Waals surface area contributed by atoms with Gasteiger partial charge < -0.3 is 20.5 Å². The predicted octanol–water partition coefficient (Wildman–Crippen LogP) is 4.45. The minimum Gasteiger partial charge on any atom is -0.481 e. The molecule has 2 aromatic rings. The minimum absolute atomic E-state index is 0.0145. The Hall–Kier alpha value is -3.35. The van der Waals surface area contributed by atoms with Gasteiger partial charge in [-0.3, -0.25) is 9.59 Å². The second-order valence-electron chi connectivity index (χ2n) is 10.1. The number of nitrogens with one attached hydrogen (secondary N) is 2. The number of hydrogen-bond acceptors (Lipinski definition) is 4. The van der Waals surface area contributed by atoms with E-state index in [4.69, 9.17) is 9.84 Å². The highest BCUT2D eigenvalue weighted by Crippen LogP contribution is 2.44. The van der Waals surface area contributed by atoms with E-state index in [1.54, 1.807) is 0 Å². The lowest BCUT2D eigenvalue weighted by Gasteiger charge is -2.27. The Balaban J connectivity index is 1.09. The fraction of sp³-hybridized carbons (Fsp3) is 0.464. The van der Waals surface area contributed by atoms with Crippen LogP contribution in [-0.4, -0.2) is 41.8 Å². The maximum Gasteiger partial charge on any atom is 0.407 e. The van der Waals surface area contributed by atoms with Gasteiger partial charge in [-0.1, -0.05) is 48.5 Å². The Kier molecular flexibility index (Phi) is 6.75. The fourth-order valence-corrected chi connectivity index (χ4v) is 5.96. The van der Waals surface area contributed by atoms with E-state index in [1.165, 1.54) is 22.3 Å². The number of benzene rings is 2. The highest BCUT2D eigenvalue weighted by molar-refractivity contribution is 5.80. The van der Waals surface area contributed by atoms with Crippen LogP contribution < -0.4 is 10.6 Å². The molecule has 2 saturated carbocycles. The lowest BCUT2D eigenvalue weighted by Crippen LogP contribution is -2.41. The van der Waals surface area contributed by atoms with Crippen molar-refractivity contribution in [3.05, 3.63) is 59.7 Å². The molecule has 184 valence electrons. The molecule has 35 heavy (non-hydrogen) atoms. The monoisotopic (exact) mass is 476 g/mol. The molecule has 0 aliphatic heterocycles. The summed E-state index contributed by atoms with van der Waals surface area (Å²) in [5.74, 6) is -1.13. The first-order chi connectivity index (χ1) is 17.0. The van der Waals surface area contributed by atoms with Crippen molar-refractivity contribution in [3.8, 4) is 11.1 Å². The first-order valence-electron chi connectivity index (χ1n) is 12.6. The van der Waals surface area contributed by atoms with Gasteiger partial charge in [0.2, 0.25) is 5.91 Å². The summed E-state index contributed by atoms with van der Waals surface area (Å²) in [6.07, 6.45) is 4.26. The molecule has 0 spiro atoms. The molecule has 0 aromatic heterocycles. The number of carboxylic acids is 1. The van der Waals surface area contributed by atoms with E-state index < -0.39 is 12.1 Å². The fourth-order valence-electron chi connectivity index (χ4n) is 5.96. The molecule has 3 aliphatic carbocycles. The Morgan fingerprint density at radius 3 is 1.97 bits per heavy atom. The van der Waals surface area contributed by atoms with Crippen LogP contribution in [-0.2, 0) is 14.3 Å². The van der Waals surface area contributed by atoms with Crippen LogP contribution in [0.1, 0.15) is 62.0 Å². The Labute approximate surface area is 205 Å². The first-order valence-corrected chi connectivity index (χ1v) is 12.6. The molecule has 7 heteroatoms. The Bertz CT molecular complexity index is 1060. The normalized spacial score (nSPS) is 25.4. The van der Waals surface area contributed by atoms with E-state index >= 15 is 0 Å². The summed E-state index contributed by atoms with van der Waals surface area (Å²) < 4.78 is 5.65. The highest BCUT2D eigenvalue weighted by atomic mass is 16.5. The molecule has 3 aliphatic rings. The van der Waals surface area contributed by atoms with Crippen molar-refractivity contribution in [2.45, 2.75) is 62.9 Å². The van der Waals surface area contributed by atoms with Gasteiger partial charge >= 0.3 is 12.1 Å². The summed E-state index contributed by atoms with van der Waals surface area (Å²) >= 11 is 0. The van der Waals surface area contributed by atoms with Crippen molar-refractivity contribution in [2.24, 2.45) is 11.8 Å². The van der Waals surface area contributed by atoms with Crippen LogP contribution >= 0.6 is 0 Å². The molecule has 2 amide bonds. The minimum atomic E-state index is -0.743. The molecule has 3 N–H and O–H groups in total. The number of fused-ring (bicyclic) bond motifs is 3. The van der Waals surface area contributed by atoms with Gasteiger partial charge in [0, 0.05) is 23.9 Å². The van der Waals surface area contributed by atoms with E-state index in [-0.39, 0.29) is 42.4 Å². The smallest absolute Gasteiger partial charge is 0.407 e. The maximum absolute atomic E-state index is 12.7. The van der Waals surface area contributed by atoms with Gasteiger partial charge in [-0.2, -0.15) is 0 Å². The SMILES string of the molecule is O=C(N[C@H]1CC[C@@H](C(=O)NC2CCC(C(=O)O)CC2)C1)OCC1c2ccccc2-c2ccccc21. The molecule has 0 heterocycles. The molecule has 5 rings (SSSR count). The summed E-state index contributed by atoms with van der Waals surface area (Å²) in [5, 5.41) is 15.2. The van der Waals surface area contributed by atoms with Crippen molar-refractivity contribution >= 4 is 18.0 Å². The average molecular weight is 477 g/mol. The van der Waals surface area contributed by atoms with Crippen LogP contribution in [0.25, 0.3) is 11.1 Å². The third-order valence-electron chi connectivity index (χ3n) is 7.89. The summed E-state index contributed by atoms with van der Waals surface area (Å²) in [4.78, 5) is 36.4. The van der Waals surface area contributed by atoms with E-state index in [1.807, 2.05) is 24.3 Å². The number of amides is 2. The molecule has 0 unspecified atom stereocenters. The van der Waals surface area contributed by atoms with Crippen LogP contribution in [0, 0.1) is 11.8 Å². The Morgan fingerprint density at radius 1 is 0.771 bits per heavy atom. The number of ether oxygens (including phenoxy) is 1. The molecule has 7 nitrogen and oxygen atoms in total. The number of carbonyl (C=O) groups excluding carboxylic acids is 2. The third-order valence-corrected chi connectivity index (χ3v) is 7.89. The molecule has 0 saturated heterocycles. The summed E-state index contributed by atoms with van der Waals surface area (Å²) in [7, 11) is 0. The summed E-state index contributed by atoms with van der Waals surface area (Å²) in [6, 6.07) is 16.4. The maximum atomic E-state index is 12.7. The van der Waals surface area contributed by atoms with E-state index in [0.717, 1.165) is 12.8 Å². The molecule has 2 aromatic carbocycles. The first kappa shape index (κ1) is 23.4. The van der Waals surface area contributed by atoms with Gasteiger partial charge in [-0.25, -0.2) is 4.79 Å². The second kappa shape index (κ2) is 10.1. The summed E-state index contributed by atoms with van der Waals surface area (Å²) in [5.41, 5.74) is 4.74. The van der Waals surface area contributed by atoms with Crippen molar-refractivity contribution < 1.29 is 24.2 Å². The number of rotatable bonds is 6. The zero-order valence-electron chi connectivity index (χ0n) is 19.7. The molecule has 2 atom stereocenters. The molecule has 2 fully saturated rings. The standard InChI is InChI=1S/C28H32N2O5/c31-26(29-19-12-9-17(10-13-19)27(32)33)18-11-14-20(15-18)30-28(34)35-16-25-23-7-3-1-5-21(23)22-6-2-4-8-24(22)25/h1-8,17-20,25H,9-16H2,(H,29,31)(H,30,34)(H,32,33)/t17?,18-,19?,20+/m1/s1. The van der Waals surface area contributed by atoms with Crippen LogP contribution in [0.4, 0.5) is 4.79 Å². The molecular weight excluding hydrogens is 444 g/mol.